The summed E-state index contributed by atoms with van der Waals surface area (Å²) in [4.78, 5) is 24.5. The van der Waals surface area contributed by atoms with E-state index in [9.17, 15) is 9.59 Å². The Morgan fingerprint density at radius 1 is 1.38 bits per heavy atom. The highest BCUT2D eigenvalue weighted by molar-refractivity contribution is 7.17. The van der Waals surface area contributed by atoms with Crippen molar-refractivity contribution in [3.8, 4) is 6.07 Å². The smallest absolute Gasteiger partial charge is 0.407 e. The fraction of sp³-hybridized carbons (Fsp3) is 0.316. The van der Waals surface area contributed by atoms with E-state index in [1.54, 1.807) is 24.3 Å². The monoisotopic (exact) mass is 371 g/mol. The molecule has 2 unspecified atom stereocenters. The van der Waals surface area contributed by atoms with Crippen LogP contribution in [0, 0.1) is 11.3 Å². The van der Waals surface area contributed by atoms with E-state index in [1.165, 1.54) is 0 Å². The molecule has 0 fully saturated rings. The Labute approximate surface area is 156 Å². The molecule has 0 aliphatic rings. The first-order valence-corrected chi connectivity index (χ1v) is 9.12. The highest BCUT2D eigenvalue weighted by Crippen LogP contribution is 2.26. The number of ether oxygens (including phenoxy) is 1. The number of fused-ring (bicyclic) bond motifs is 1. The quantitative estimate of drug-likeness (QED) is 0.551. The summed E-state index contributed by atoms with van der Waals surface area (Å²) in [6.45, 7) is 5.34. The van der Waals surface area contributed by atoms with Crippen LogP contribution in [-0.2, 0) is 16.0 Å². The largest absolute Gasteiger partial charge is 0.449 e. The number of hydrogen-bond acceptors (Lipinski definition) is 5. The van der Waals surface area contributed by atoms with Gasteiger partial charge in [-0.2, -0.15) is 5.26 Å². The lowest BCUT2D eigenvalue weighted by atomic mass is 10.0. The van der Waals surface area contributed by atoms with E-state index in [-0.39, 0.29) is 6.61 Å². The minimum absolute atomic E-state index is 0.194. The third-order valence-corrected chi connectivity index (χ3v) is 4.71. The molecule has 0 aliphatic carbocycles. The SMILES string of the molecule is C=CCCOC(=O)NC(Cc1csc2ccccc12)C(=O)NC(C)C#N. The van der Waals surface area contributed by atoms with Gasteiger partial charge in [-0.05, 0) is 35.7 Å². The normalized spacial score (nSPS) is 12.6. The molecule has 1 heterocycles. The summed E-state index contributed by atoms with van der Waals surface area (Å²) in [5.41, 5.74) is 0.960. The lowest BCUT2D eigenvalue weighted by Crippen LogP contribution is -2.50. The highest BCUT2D eigenvalue weighted by Gasteiger charge is 2.24. The second-order valence-electron chi connectivity index (χ2n) is 5.73. The standard InChI is InChI=1S/C19H21N3O3S/c1-3-4-9-25-19(24)22-16(18(23)21-13(2)11-20)10-14-12-26-17-8-6-5-7-15(14)17/h3,5-8,12-13,16H,1,4,9-10H2,2H3,(H,21,23)(H,22,24). The van der Waals surface area contributed by atoms with Gasteiger partial charge in [-0.3, -0.25) is 4.79 Å². The topological polar surface area (TPSA) is 91.2 Å². The van der Waals surface area contributed by atoms with Crippen LogP contribution in [0.15, 0.2) is 42.3 Å². The summed E-state index contributed by atoms with van der Waals surface area (Å²) >= 11 is 1.58. The minimum Gasteiger partial charge on any atom is -0.449 e. The zero-order valence-electron chi connectivity index (χ0n) is 14.5. The van der Waals surface area contributed by atoms with E-state index in [2.05, 4.69) is 17.2 Å². The number of nitrogens with zero attached hydrogens (tertiary/aromatic N) is 1. The number of carbonyl (C=O) groups is 2. The molecule has 2 rings (SSSR count). The fourth-order valence-electron chi connectivity index (χ4n) is 2.39. The van der Waals surface area contributed by atoms with Crippen molar-refractivity contribution in [2.75, 3.05) is 6.61 Å². The van der Waals surface area contributed by atoms with Gasteiger partial charge in [-0.25, -0.2) is 4.79 Å². The Hall–Kier alpha value is -2.85. The first-order chi connectivity index (χ1) is 12.5. The van der Waals surface area contributed by atoms with E-state index in [1.807, 2.05) is 35.7 Å². The first kappa shape index (κ1) is 19.5. The van der Waals surface area contributed by atoms with Gasteiger partial charge >= 0.3 is 6.09 Å². The second kappa shape index (κ2) is 9.59. The summed E-state index contributed by atoms with van der Waals surface area (Å²) in [5.74, 6) is -0.421. The molecule has 2 aromatic rings. The fourth-order valence-corrected chi connectivity index (χ4v) is 3.36. The summed E-state index contributed by atoms with van der Waals surface area (Å²) in [6, 6.07) is 8.34. The van der Waals surface area contributed by atoms with Crippen molar-refractivity contribution in [2.45, 2.75) is 31.8 Å². The average molecular weight is 371 g/mol. The zero-order valence-corrected chi connectivity index (χ0v) is 15.3. The van der Waals surface area contributed by atoms with Crippen molar-refractivity contribution in [2.24, 2.45) is 0 Å². The second-order valence-corrected chi connectivity index (χ2v) is 6.64. The van der Waals surface area contributed by atoms with Gasteiger partial charge in [0.1, 0.15) is 12.1 Å². The van der Waals surface area contributed by atoms with Crippen LogP contribution < -0.4 is 10.6 Å². The number of thiophene rings is 1. The van der Waals surface area contributed by atoms with Crippen LogP contribution in [0.3, 0.4) is 0 Å². The number of rotatable bonds is 8. The van der Waals surface area contributed by atoms with Crippen molar-refractivity contribution >= 4 is 33.4 Å². The average Bonchev–Trinajstić information content (AvgIpc) is 3.04. The predicted octanol–water partition coefficient (Wildman–Crippen LogP) is 3.14. The van der Waals surface area contributed by atoms with E-state index in [4.69, 9.17) is 10.00 Å². The maximum absolute atomic E-state index is 12.5. The molecule has 1 aromatic carbocycles. The highest BCUT2D eigenvalue weighted by atomic mass is 32.1. The number of alkyl carbamates (subject to hydrolysis) is 1. The molecule has 0 radical (unpaired) electrons. The Morgan fingerprint density at radius 3 is 2.88 bits per heavy atom. The van der Waals surface area contributed by atoms with Crippen LogP contribution in [0.25, 0.3) is 10.1 Å². The third-order valence-electron chi connectivity index (χ3n) is 3.70. The Morgan fingerprint density at radius 2 is 2.15 bits per heavy atom. The molecule has 2 N–H and O–H groups in total. The molecule has 0 saturated heterocycles. The Kier molecular flexibility index (Phi) is 7.18. The number of amides is 2. The van der Waals surface area contributed by atoms with Gasteiger partial charge in [0.15, 0.2) is 0 Å². The molecule has 7 heteroatoms. The summed E-state index contributed by atoms with van der Waals surface area (Å²) < 4.78 is 6.15. The molecule has 6 nitrogen and oxygen atoms in total. The molecular weight excluding hydrogens is 350 g/mol. The molecule has 2 atom stereocenters. The van der Waals surface area contributed by atoms with Crippen molar-refractivity contribution in [1.29, 1.82) is 5.26 Å². The summed E-state index contributed by atoms with van der Waals surface area (Å²) in [6.07, 6.45) is 1.81. The maximum atomic E-state index is 12.5. The lowest BCUT2D eigenvalue weighted by Gasteiger charge is -2.19. The maximum Gasteiger partial charge on any atom is 0.407 e. The number of hydrogen-bond donors (Lipinski definition) is 2. The minimum atomic E-state index is -0.833. The summed E-state index contributed by atoms with van der Waals surface area (Å²) in [7, 11) is 0. The van der Waals surface area contributed by atoms with Gasteiger partial charge in [-0.15, -0.1) is 17.9 Å². The van der Waals surface area contributed by atoms with Crippen LogP contribution in [0.1, 0.15) is 18.9 Å². The van der Waals surface area contributed by atoms with Gasteiger partial charge in [0.25, 0.3) is 0 Å². The van der Waals surface area contributed by atoms with Crippen molar-refractivity contribution in [3.05, 3.63) is 47.9 Å². The van der Waals surface area contributed by atoms with Crippen LogP contribution >= 0.6 is 11.3 Å². The van der Waals surface area contributed by atoms with Crippen molar-refractivity contribution in [1.82, 2.24) is 10.6 Å². The van der Waals surface area contributed by atoms with Crippen LogP contribution in [0.5, 0.6) is 0 Å². The third kappa shape index (κ3) is 5.33. The molecular formula is C19H21N3O3S. The molecule has 0 saturated carbocycles. The van der Waals surface area contributed by atoms with Gasteiger partial charge in [-0.1, -0.05) is 24.3 Å². The Bertz CT molecular complexity index is 825. The van der Waals surface area contributed by atoms with Crippen LogP contribution in [0.4, 0.5) is 4.79 Å². The molecule has 1 aromatic heterocycles. The van der Waals surface area contributed by atoms with Gasteiger partial charge < -0.3 is 15.4 Å². The van der Waals surface area contributed by atoms with E-state index < -0.39 is 24.1 Å². The van der Waals surface area contributed by atoms with Gasteiger partial charge in [0.05, 0.1) is 12.7 Å². The number of benzene rings is 1. The molecule has 0 bridgehead atoms. The number of nitrogens with one attached hydrogen (secondary N) is 2. The van der Waals surface area contributed by atoms with Crippen molar-refractivity contribution in [3.63, 3.8) is 0 Å². The molecule has 0 aliphatic heterocycles. The molecule has 26 heavy (non-hydrogen) atoms. The van der Waals surface area contributed by atoms with Gasteiger partial charge in [0.2, 0.25) is 5.91 Å². The molecule has 0 spiro atoms. The predicted molar refractivity (Wildman–Crippen MR) is 102 cm³/mol. The van der Waals surface area contributed by atoms with Crippen molar-refractivity contribution < 1.29 is 14.3 Å². The molecule has 136 valence electrons. The van der Waals surface area contributed by atoms with E-state index in [0.29, 0.717) is 12.8 Å². The van der Waals surface area contributed by atoms with Crippen LogP contribution in [0.2, 0.25) is 0 Å². The lowest BCUT2D eigenvalue weighted by molar-refractivity contribution is -0.123. The number of carbonyl (C=O) groups excluding carboxylic acids is 2. The Balaban J connectivity index is 2.14. The first-order valence-electron chi connectivity index (χ1n) is 8.24. The van der Waals surface area contributed by atoms with Gasteiger partial charge in [0, 0.05) is 11.1 Å². The number of nitriles is 1. The van der Waals surface area contributed by atoms with Crippen LogP contribution in [-0.4, -0.2) is 30.7 Å². The van der Waals surface area contributed by atoms with E-state index >= 15 is 0 Å². The zero-order chi connectivity index (χ0) is 18.9. The molecule has 2 amide bonds. The van der Waals surface area contributed by atoms with E-state index in [0.717, 1.165) is 15.6 Å². The summed E-state index contributed by atoms with van der Waals surface area (Å²) in [5, 5.41) is 17.1.